The predicted molar refractivity (Wildman–Crippen MR) is 125 cm³/mol. The monoisotopic (exact) mass is 427 g/mol. The Kier molecular flexibility index (Phi) is 6.35. The van der Waals surface area contributed by atoms with Crippen LogP contribution in [0.25, 0.3) is 0 Å². The summed E-state index contributed by atoms with van der Waals surface area (Å²) in [6.45, 7) is 5.11. The largest absolute Gasteiger partial charge is 0.370 e. The van der Waals surface area contributed by atoms with Gasteiger partial charge in [0.25, 0.3) is 0 Å². The summed E-state index contributed by atoms with van der Waals surface area (Å²) < 4.78 is 0. The SMILES string of the molecule is CN(C)C1CCN(c2ccc(NC(=O)N3CCN(c4cccc(Cl)c4)CC3)cc2)C1. The molecule has 7 heteroatoms. The topological polar surface area (TPSA) is 42.1 Å². The maximum atomic E-state index is 12.7. The molecule has 0 radical (unpaired) electrons. The van der Waals surface area contributed by atoms with Crippen molar-refractivity contribution in [2.24, 2.45) is 0 Å². The van der Waals surface area contributed by atoms with Crippen LogP contribution in [-0.4, -0.2) is 75.2 Å². The van der Waals surface area contributed by atoms with E-state index in [0.717, 1.165) is 42.6 Å². The first-order chi connectivity index (χ1) is 14.5. The van der Waals surface area contributed by atoms with Crippen LogP contribution in [0.1, 0.15) is 6.42 Å². The molecule has 1 unspecified atom stereocenters. The molecule has 1 atom stereocenters. The standard InChI is InChI=1S/C23H30ClN5O/c1-26(2)22-10-11-29(17-22)20-8-6-19(7-9-20)25-23(30)28-14-12-27(13-15-28)21-5-3-4-18(24)16-21/h3-9,16,22H,10-15,17H2,1-2H3,(H,25,30). The lowest BCUT2D eigenvalue weighted by Crippen LogP contribution is -2.50. The van der Waals surface area contributed by atoms with Gasteiger partial charge in [-0.2, -0.15) is 0 Å². The first-order valence-electron chi connectivity index (χ1n) is 10.6. The van der Waals surface area contributed by atoms with Crippen molar-refractivity contribution in [2.75, 3.05) is 68.5 Å². The highest BCUT2D eigenvalue weighted by Crippen LogP contribution is 2.24. The summed E-state index contributed by atoms with van der Waals surface area (Å²) >= 11 is 6.10. The number of carbonyl (C=O) groups excluding carboxylic acids is 1. The third-order valence-corrected chi connectivity index (χ3v) is 6.35. The van der Waals surface area contributed by atoms with Crippen LogP contribution in [0.5, 0.6) is 0 Å². The number of urea groups is 1. The lowest BCUT2D eigenvalue weighted by Gasteiger charge is -2.36. The Morgan fingerprint density at radius 3 is 2.33 bits per heavy atom. The maximum Gasteiger partial charge on any atom is 0.321 e. The van der Waals surface area contributed by atoms with Crippen LogP contribution in [0.2, 0.25) is 5.02 Å². The van der Waals surface area contributed by atoms with Gasteiger partial charge < -0.3 is 24.9 Å². The van der Waals surface area contributed by atoms with Crippen molar-refractivity contribution >= 4 is 34.7 Å². The molecular formula is C23H30ClN5O. The fourth-order valence-electron chi connectivity index (χ4n) is 4.20. The highest BCUT2D eigenvalue weighted by Gasteiger charge is 2.24. The van der Waals surface area contributed by atoms with Crippen LogP contribution in [-0.2, 0) is 0 Å². The first kappa shape index (κ1) is 20.8. The predicted octanol–water partition coefficient (Wildman–Crippen LogP) is 3.83. The average molecular weight is 428 g/mol. The Bertz CT molecular complexity index is 864. The molecule has 1 N–H and O–H groups in total. The Balaban J connectivity index is 1.28. The van der Waals surface area contributed by atoms with E-state index in [2.05, 4.69) is 52.3 Å². The molecule has 0 aliphatic carbocycles. The van der Waals surface area contributed by atoms with Crippen molar-refractivity contribution < 1.29 is 4.79 Å². The normalized spacial score (nSPS) is 19.5. The summed E-state index contributed by atoms with van der Waals surface area (Å²) in [7, 11) is 4.28. The third kappa shape index (κ3) is 4.82. The Hall–Kier alpha value is -2.44. The lowest BCUT2D eigenvalue weighted by molar-refractivity contribution is 0.208. The van der Waals surface area contributed by atoms with Crippen molar-refractivity contribution in [1.82, 2.24) is 9.80 Å². The van der Waals surface area contributed by atoms with Gasteiger partial charge in [0.05, 0.1) is 0 Å². The molecular weight excluding hydrogens is 398 g/mol. The molecule has 2 aromatic carbocycles. The van der Waals surface area contributed by atoms with E-state index in [-0.39, 0.29) is 6.03 Å². The summed E-state index contributed by atoms with van der Waals surface area (Å²) in [6, 6.07) is 16.6. The molecule has 0 spiro atoms. The minimum Gasteiger partial charge on any atom is -0.370 e. The van der Waals surface area contributed by atoms with E-state index in [1.807, 2.05) is 35.2 Å². The highest BCUT2D eigenvalue weighted by atomic mass is 35.5. The molecule has 0 bridgehead atoms. The fraction of sp³-hybridized carbons (Fsp3) is 0.435. The number of nitrogens with one attached hydrogen (secondary N) is 1. The Morgan fingerprint density at radius 2 is 1.70 bits per heavy atom. The summed E-state index contributed by atoms with van der Waals surface area (Å²) in [5.74, 6) is 0. The van der Waals surface area contributed by atoms with E-state index in [1.54, 1.807) is 0 Å². The van der Waals surface area contributed by atoms with Gasteiger partial charge in [-0.3, -0.25) is 0 Å². The lowest BCUT2D eigenvalue weighted by atomic mass is 10.2. The third-order valence-electron chi connectivity index (χ3n) is 6.12. The van der Waals surface area contributed by atoms with Gasteiger partial charge in [0.2, 0.25) is 0 Å². The van der Waals surface area contributed by atoms with Gasteiger partial charge >= 0.3 is 6.03 Å². The van der Waals surface area contributed by atoms with E-state index < -0.39 is 0 Å². The van der Waals surface area contributed by atoms with Crippen molar-refractivity contribution in [3.63, 3.8) is 0 Å². The zero-order chi connectivity index (χ0) is 21.1. The van der Waals surface area contributed by atoms with E-state index >= 15 is 0 Å². The van der Waals surface area contributed by atoms with Crippen LogP contribution in [0.4, 0.5) is 21.9 Å². The Labute approximate surface area is 184 Å². The minimum atomic E-state index is -0.0395. The molecule has 160 valence electrons. The van der Waals surface area contributed by atoms with Gasteiger partial charge in [0.15, 0.2) is 0 Å². The van der Waals surface area contributed by atoms with Crippen molar-refractivity contribution in [1.29, 1.82) is 0 Å². The van der Waals surface area contributed by atoms with Gasteiger partial charge in [-0.05, 0) is 63.0 Å². The molecule has 2 aliphatic rings. The smallest absolute Gasteiger partial charge is 0.321 e. The summed E-state index contributed by atoms with van der Waals surface area (Å²) in [4.78, 5) is 21.5. The number of nitrogens with zero attached hydrogens (tertiary/aromatic N) is 4. The van der Waals surface area contributed by atoms with Gasteiger partial charge in [-0.1, -0.05) is 17.7 Å². The second-order valence-corrected chi connectivity index (χ2v) is 8.72. The first-order valence-corrected chi connectivity index (χ1v) is 11.0. The van der Waals surface area contributed by atoms with Crippen LogP contribution < -0.4 is 15.1 Å². The molecule has 6 nitrogen and oxygen atoms in total. The number of hydrogen-bond donors (Lipinski definition) is 1. The number of likely N-dealkylation sites (N-methyl/N-ethyl adjacent to an activating group) is 1. The van der Waals surface area contributed by atoms with Crippen molar-refractivity contribution in [3.8, 4) is 0 Å². The molecule has 2 aliphatic heterocycles. The zero-order valence-corrected chi connectivity index (χ0v) is 18.5. The van der Waals surface area contributed by atoms with E-state index in [0.29, 0.717) is 19.1 Å². The van der Waals surface area contributed by atoms with Gasteiger partial charge in [0, 0.05) is 67.4 Å². The molecule has 2 saturated heterocycles. The number of rotatable bonds is 4. The average Bonchev–Trinajstić information content (AvgIpc) is 3.25. The summed E-state index contributed by atoms with van der Waals surface area (Å²) in [5, 5.41) is 3.78. The maximum absolute atomic E-state index is 12.7. The molecule has 2 fully saturated rings. The Morgan fingerprint density at radius 1 is 0.967 bits per heavy atom. The number of hydrogen-bond acceptors (Lipinski definition) is 4. The molecule has 2 heterocycles. The number of carbonyl (C=O) groups is 1. The van der Waals surface area contributed by atoms with E-state index in [9.17, 15) is 4.79 Å². The number of benzene rings is 2. The van der Waals surface area contributed by atoms with Crippen LogP contribution in [0.3, 0.4) is 0 Å². The molecule has 4 rings (SSSR count). The second kappa shape index (κ2) is 9.14. The molecule has 2 aromatic rings. The van der Waals surface area contributed by atoms with Crippen molar-refractivity contribution in [2.45, 2.75) is 12.5 Å². The molecule has 30 heavy (non-hydrogen) atoms. The minimum absolute atomic E-state index is 0.0395. The van der Waals surface area contributed by atoms with Gasteiger partial charge in [-0.25, -0.2) is 4.79 Å². The second-order valence-electron chi connectivity index (χ2n) is 8.28. The van der Waals surface area contributed by atoms with Crippen LogP contribution in [0, 0.1) is 0 Å². The quantitative estimate of drug-likeness (QED) is 0.805. The summed E-state index contributed by atoms with van der Waals surface area (Å²) in [5.41, 5.74) is 3.16. The zero-order valence-electron chi connectivity index (χ0n) is 17.7. The number of anilines is 3. The molecule has 0 saturated carbocycles. The van der Waals surface area contributed by atoms with Crippen LogP contribution in [0.15, 0.2) is 48.5 Å². The number of piperazine rings is 1. The summed E-state index contributed by atoms with van der Waals surface area (Å²) in [6.07, 6.45) is 1.19. The highest BCUT2D eigenvalue weighted by molar-refractivity contribution is 6.30. The molecule has 2 amide bonds. The van der Waals surface area contributed by atoms with Crippen molar-refractivity contribution in [3.05, 3.63) is 53.6 Å². The van der Waals surface area contributed by atoms with E-state index in [4.69, 9.17) is 11.6 Å². The number of amides is 2. The number of halogens is 1. The van der Waals surface area contributed by atoms with Crippen LogP contribution >= 0.6 is 11.6 Å². The fourth-order valence-corrected chi connectivity index (χ4v) is 4.38. The molecule has 0 aromatic heterocycles. The van der Waals surface area contributed by atoms with E-state index in [1.165, 1.54) is 12.1 Å². The van der Waals surface area contributed by atoms with Gasteiger partial charge in [-0.15, -0.1) is 0 Å². The van der Waals surface area contributed by atoms with Gasteiger partial charge in [0.1, 0.15) is 0 Å².